The van der Waals surface area contributed by atoms with E-state index in [4.69, 9.17) is 4.42 Å². The summed E-state index contributed by atoms with van der Waals surface area (Å²) in [6.45, 7) is 0.575. The molecule has 5 aromatic rings. The average molecular weight is 474 g/mol. The fourth-order valence-corrected chi connectivity index (χ4v) is 4.66. The quantitative estimate of drug-likeness (QED) is 0.302. The van der Waals surface area contributed by atoms with Crippen LogP contribution in [-0.4, -0.2) is 31.4 Å². The molecule has 0 spiro atoms. The Bertz CT molecular complexity index is 1320. The van der Waals surface area contributed by atoms with Crippen LogP contribution in [0, 0.1) is 0 Å². The third-order valence-corrected chi connectivity index (χ3v) is 6.61. The number of hydrogen-bond acceptors (Lipinski definition) is 7. The number of rotatable bonds is 8. The van der Waals surface area contributed by atoms with Crippen molar-refractivity contribution in [1.29, 1.82) is 0 Å². The normalized spacial score (nSPS) is 10.9. The second-order valence-electron chi connectivity index (χ2n) is 7.11. The maximum atomic E-state index is 12.6. The number of furan rings is 1. The molecule has 0 aliphatic rings. The van der Waals surface area contributed by atoms with Crippen molar-refractivity contribution in [1.82, 2.24) is 19.7 Å². The van der Waals surface area contributed by atoms with Crippen LogP contribution in [0.3, 0.4) is 0 Å². The van der Waals surface area contributed by atoms with Crippen molar-refractivity contribution < 1.29 is 9.21 Å². The van der Waals surface area contributed by atoms with Gasteiger partial charge in [0, 0.05) is 22.8 Å². The van der Waals surface area contributed by atoms with Crippen LogP contribution in [0.15, 0.2) is 94.1 Å². The second kappa shape index (κ2) is 9.85. The van der Waals surface area contributed by atoms with Gasteiger partial charge in [-0.25, -0.2) is 4.98 Å². The summed E-state index contributed by atoms with van der Waals surface area (Å²) in [6.07, 6.45) is 3.39. The molecule has 33 heavy (non-hydrogen) atoms. The molecule has 5 rings (SSSR count). The summed E-state index contributed by atoms with van der Waals surface area (Å²) >= 11 is 2.92. The van der Waals surface area contributed by atoms with Crippen molar-refractivity contribution in [2.24, 2.45) is 0 Å². The summed E-state index contributed by atoms with van der Waals surface area (Å²) in [6, 6.07) is 21.4. The van der Waals surface area contributed by atoms with Crippen molar-refractivity contribution in [2.45, 2.75) is 11.7 Å². The number of anilines is 1. The molecule has 0 atom stereocenters. The predicted octanol–water partition coefficient (Wildman–Crippen LogP) is 5.44. The zero-order valence-electron chi connectivity index (χ0n) is 17.4. The van der Waals surface area contributed by atoms with Gasteiger partial charge in [-0.15, -0.1) is 21.5 Å². The summed E-state index contributed by atoms with van der Waals surface area (Å²) in [4.78, 5) is 16.9. The molecule has 1 N–H and O–H groups in total. The summed E-state index contributed by atoms with van der Waals surface area (Å²) in [5.74, 6) is 1.36. The van der Waals surface area contributed by atoms with E-state index in [1.54, 1.807) is 23.8 Å². The summed E-state index contributed by atoms with van der Waals surface area (Å²) in [5.41, 5.74) is 2.87. The standard InChI is InChI=1S/C24H19N5O2S2/c30-21(26-19-10-8-18(9-11-19)23-25-12-14-32-23)16-33-24-28-27-22(20-7-4-13-31-20)29(24)15-17-5-2-1-3-6-17/h1-14H,15-16H2,(H,26,30). The van der Waals surface area contributed by atoms with Crippen LogP contribution in [0.2, 0.25) is 0 Å². The Labute approximate surface area is 198 Å². The number of carbonyl (C=O) groups excluding carboxylic acids is 1. The molecule has 0 unspecified atom stereocenters. The van der Waals surface area contributed by atoms with Crippen LogP contribution in [0.5, 0.6) is 0 Å². The van der Waals surface area contributed by atoms with E-state index in [-0.39, 0.29) is 11.7 Å². The minimum atomic E-state index is -0.115. The van der Waals surface area contributed by atoms with Crippen LogP contribution in [0.4, 0.5) is 5.69 Å². The van der Waals surface area contributed by atoms with Gasteiger partial charge in [0.05, 0.1) is 18.6 Å². The number of thioether (sulfide) groups is 1. The molecule has 0 bridgehead atoms. The zero-order valence-corrected chi connectivity index (χ0v) is 19.1. The molecule has 7 nitrogen and oxygen atoms in total. The SMILES string of the molecule is O=C(CSc1nnc(-c2ccco2)n1Cc1ccccc1)Nc1ccc(-c2nccs2)cc1. The lowest BCUT2D eigenvalue weighted by molar-refractivity contribution is -0.113. The van der Waals surface area contributed by atoms with Crippen molar-refractivity contribution in [2.75, 3.05) is 11.1 Å². The highest BCUT2D eigenvalue weighted by Crippen LogP contribution is 2.26. The van der Waals surface area contributed by atoms with Gasteiger partial charge >= 0.3 is 0 Å². The highest BCUT2D eigenvalue weighted by atomic mass is 32.2. The Morgan fingerprint density at radius 3 is 2.61 bits per heavy atom. The molecule has 0 radical (unpaired) electrons. The smallest absolute Gasteiger partial charge is 0.234 e. The molecule has 0 aliphatic carbocycles. The first-order valence-corrected chi connectivity index (χ1v) is 12.1. The maximum absolute atomic E-state index is 12.6. The third kappa shape index (κ3) is 5.05. The Morgan fingerprint density at radius 2 is 1.88 bits per heavy atom. The Kier molecular flexibility index (Phi) is 6.32. The van der Waals surface area contributed by atoms with Gasteiger partial charge in [-0.3, -0.25) is 9.36 Å². The summed E-state index contributed by atoms with van der Waals surface area (Å²) in [7, 11) is 0. The van der Waals surface area contributed by atoms with E-state index in [9.17, 15) is 4.79 Å². The van der Waals surface area contributed by atoms with E-state index in [0.29, 0.717) is 23.3 Å². The van der Waals surface area contributed by atoms with E-state index in [2.05, 4.69) is 20.5 Å². The van der Waals surface area contributed by atoms with Gasteiger partial charge in [0.25, 0.3) is 0 Å². The van der Waals surface area contributed by atoms with Crippen molar-refractivity contribution >= 4 is 34.7 Å². The van der Waals surface area contributed by atoms with Gasteiger partial charge in [0.1, 0.15) is 5.01 Å². The summed E-state index contributed by atoms with van der Waals surface area (Å²) in [5, 5.41) is 15.1. The zero-order chi connectivity index (χ0) is 22.5. The third-order valence-electron chi connectivity index (χ3n) is 4.82. The van der Waals surface area contributed by atoms with Crippen LogP contribution in [0.25, 0.3) is 22.2 Å². The van der Waals surface area contributed by atoms with Gasteiger partial charge in [-0.1, -0.05) is 42.1 Å². The minimum Gasteiger partial charge on any atom is -0.461 e. The van der Waals surface area contributed by atoms with Crippen LogP contribution >= 0.6 is 23.1 Å². The number of amides is 1. The Morgan fingerprint density at radius 1 is 1.03 bits per heavy atom. The number of nitrogens with one attached hydrogen (secondary N) is 1. The van der Waals surface area contributed by atoms with Gasteiger partial charge in [0.15, 0.2) is 10.9 Å². The number of hydrogen-bond donors (Lipinski definition) is 1. The van der Waals surface area contributed by atoms with Gasteiger partial charge in [-0.05, 0) is 42.0 Å². The van der Waals surface area contributed by atoms with E-state index in [0.717, 1.165) is 21.8 Å². The fraction of sp³-hybridized carbons (Fsp3) is 0.0833. The van der Waals surface area contributed by atoms with Gasteiger partial charge < -0.3 is 9.73 Å². The first-order chi connectivity index (χ1) is 16.3. The highest BCUT2D eigenvalue weighted by molar-refractivity contribution is 7.99. The van der Waals surface area contributed by atoms with Crippen molar-refractivity contribution in [3.8, 4) is 22.2 Å². The van der Waals surface area contributed by atoms with Crippen LogP contribution in [0.1, 0.15) is 5.56 Å². The molecule has 2 aromatic carbocycles. The lowest BCUT2D eigenvalue weighted by Gasteiger charge is -2.10. The van der Waals surface area contributed by atoms with E-state index in [1.807, 2.05) is 76.7 Å². The molecule has 1 amide bonds. The Balaban J connectivity index is 1.27. The maximum Gasteiger partial charge on any atom is 0.234 e. The minimum absolute atomic E-state index is 0.115. The molecular formula is C24H19N5O2S2. The molecule has 3 heterocycles. The monoisotopic (exact) mass is 473 g/mol. The number of aromatic nitrogens is 4. The summed E-state index contributed by atoms with van der Waals surface area (Å²) < 4.78 is 7.50. The molecule has 0 saturated heterocycles. The van der Waals surface area contributed by atoms with Crippen molar-refractivity contribution in [3.05, 3.63) is 90.1 Å². The second-order valence-corrected chi connectivity index (χ2v) is 8.94. The molecule has 0 aliphatic heterocycles. The highest BCUT2D eigenvalue weighted by Gasteiger charge is 2.18. The Hall–Kier alpha value is -3.69. The molecular weight excluding hydrogens is 454 g/mol. The van der Waals surface area contributed by atoms with Crippen LogP contribution < -0.4 is 5.32 Å². The van der Waals surface area contributed by atoms with E-state index < -0.39 is 0 Å². The number of benzene rings is 2. The molecule has 9 heteroatoms. The first kappa shape index (κ1) is 21.2. The van der Waals surface area contributed by atoms with E-state index in [1.165, 1.54) is 11.8 Å². The fourth-order valence-electron chi connectivity index (χ4n) is 3.28. The lowest BCUT2D eigenvalue weighted by Crippen LogP contribution is -2.14. The largest absolute Gasteiger partial charge is 0.461 e. The molecule has 0 fully saturated rings. The van der Waals surface area contributed by atoms with Crippen molar-refractivity contribution in [3.63, 3.8) is 0 Å². The van der Waals surface area contributed by atoms with E-state index >= 15 is 0 Å². The lowest BCUT2D eigenvalue weighted by atomic mass is 10.2. The molecule has 164 valence electrons. The number of nitrogens with zero attached hydrogens (tertiary/aromatic N) is 4. The average Bonchev–Trinajstić information content (AvgIpc) is 3.61. The first-order valence-electron chi connectivity index (χ1n) is 10.2. The number of carbonyl (C=O) groups is 1. The topological polar surface area (TPSA) is 85.8 Å². The van der Waals surface area contributed by atoms with Crippen LogP contribution in [-0.2, 0) is 11.3 Å². The van der Waals surface area contributed by atoms with Gasteiger partial charge in [-0.2, -0.15) is 0 Å². The molecule has 3 aromatic heterocycles. The number of thiazole rings is 1. The molecule has 0 saturated carbocycles. The van der Waals surface area contributed by atoms with Gasteiger partial charge in [0.2, 0.25) is 11.7 Å². The predicted molar refractivity (Wildman–Crippen MR) is 130 cm³/mol.